The van der Waals surface area contributed by atoms with Crippen LogP contribution in [0.15, 0.2) is 134 Å². The van der Waals surface area contributed by atoms with Gasteiger partial charge in [0.05, 0.1) is 27.7 Å². The molecule has 0 saturated heterocycles. The van der Waals surface area contributed by atoms with E-state index in [1.807, 2.05) is 21.1 Å². The van der Waals surface area contributed by atoms with Crippen molar-refractivity contribution < 1.29 is 42.1 Å². The molecule has 2 atom stereocenters. The van der Waals surface area contributed by atoms with Crippen LogP contribution in [0.2, 0.25) is 0 Å². The lowest BCUT2D eigenvalue weighted by molar-refractivity contribution is -0.870. The molecule has 10 heteroatoms. The van der Waals surface area contributed by atoms with Crippen LogP contribution in [0.3, 0.4) is 0 Å². The summed E-state index contributed by atoms with van der Waals surface area (Å²) < 4.78 is 34.5. The standard InChI is InChI=1S/C64H106NO8P/c1-6-8-10-12-14-16-18-20-22-24-26-28-29-30-31-32-33-34-35-37-39-41-43-45-47-49-51-53-55-57-64(67)73-62(61-72-74(68,69)71-59-58-65(3,4)5)60-70-63(66)56-54-52-50-48-46-44-42-40-38-36-27-25-23-21-19-17-15-13-11-9-7-2/h8-11,14-17,20-23,26-28,30-31,33-34,36,40,42,62H,6-7,12-13,18-19,24-25,29,32,35,37-39,41,43-61H2,1-5H3/p+1/b10-8-,11-9-,16-14-,17-15-,22-20-,23-21-,28-26-,31-30-,34-33-,36-27-,42-40-. The molecule has 0 heterocycles. The first-order chi connectivity index (χ1) is 36.0. The fraction of sp³-hybridized carbons (Fsp3) is 0.625. The maximum absolute atomic E-state index is 12.8. The highest BCUT2D eigenvalue weighted by molar-refractivity contribution is 7.47. The first kappa shape index (κ1) is 70.1. The molecule has 0 aromatic rings. The van der Waals surface area contributed by atoms with E-state index in [1.54, 1.807) is 0 Å². The molecule has 0 amide bonds. The molecule has 0 aliphatic rings. The zero-order chi connectivity index (χ0) is 54.2. The smallest absolute Gasteiger partial charge is 0.462 e. The number of ether oxygens (including phenoxy) is 2. The lowest BCUT2D eigenvalue weighted by Crippen LogP contribution is -2.37. The molecule has 2 unspecified atom stereocenters. The maximum atomic E-state index is 12.8. The number of phosphoric ester groups is 1. The Labute approximate surface area is 453 Å². The van der Waals surface area contributed by atoms with Crippen LogP contribution in [0.25, 0.3) is 0 Å². The van der Waals surface area contributed by atoms with Gasteiger partial charge in [-0.25, -0.2) is 4.57 Å². The van der Waals surface area contributed by atoms with Crippen LogP contribution in [0.4, 0.5) is 0 Å². The maximum Gasteiger partial charge on any atom is 0.472 e. The quantitative estimate of drug-likeness (QED) is 0.0211. The Hall–Kier alpha value is -3.85. The zero-order valence-electron chi connectivity index (χ0n) is 47.5. The molecule has 1 N–H and O–H groups in total. The Morgan fingerprint density at radius 2 is 0.730 bits per heavy atom. The Morgan fingerprint density at radius 1 is 0.419 bits per heavy atom. The predicted octanol–water partition coefficient (Wildman–Crippen LogP) is 18.1. The molecule has 0 spiro atoms. The number of carbonyl (C=O) groups is 2. The molecule has 0 radical (unpaired) electrons. The number of quaternary nitrogens is 1. The molecule has 74 heavy (non-hydrogen) atoms. The van der Waals surface area contributed by atoms with E-state index in [0.717, 1.165) is 128 Å². The van der Waals surface area contributed by atoms with Gasteiger partial charge in [-0.2, -0.15) is 0 Å². The number of nitrogens with zero attached hydrogens (tertiary/aromatic N) is 1. The van der Waals surface area contributed by atoms with Crippen molar-refractivity contribution in [2.75, 3.05) is 47.5 Å². The van der Waals surface area contributed by atoms with E-state index >= 15 is 0 Å². The molecule has 0 aliphatic carbocycles. The highest BCUT2D eigenvalue weighted by atomic mass is 31.2. The van der Waals surface area contributed by atoms with Gasteiger partial charge in [-0.05, 0) is 109 Å². The average Bonchev–Trinajstić information content (AvgIpc) is 3.36. The molecular weight excluding hydrogens is 942 g/mol. The molecule has 0 fully saturated rings. The Kier molecular flexibility index (Phi) is 51.2. The summed E-state index contributed by atoms with van der Waals surface area (Å²) in [6.45, 7) is 4.16. The number of esters is 2. The summed E-state index contributed by atoms with van der Waals surface area (Å²) in [4.78, 5) is 35.7. The van der Waals surface area contributed by atoms with Crippen molar-refractivity contribution >= 4 is 19.8 Å². The van der Waals surface area contributed by atoms with Gasteiger partial charge in [-0.3, -0.25) is 18.6 Å². The van der Waals surface area contributed by atoms with Crippen LogP contribution in [-0.2, 0) is 32.7 Å². The predicted molar refractivity (Wildman–Crippen MR) is 316 cm³/mol. The molecule has 420 valence electrons. The minimum absolute atomic E-state index is 0.0197. The van der Waals surface area contributed by atoms with E-state index < -0.39 is 32.5 Å². The van der Waals surface area contributed by atoms with Gasteiger partial charge in [0.1, 0.15) is 19.8 Å². The van der Waals surface area contributed by atoms with Crippen LogP contribution in [-0.4, -0.2) is 74.9 Å². The third-order valence-electron chi connectivity index (χ3n) is 11.7. The average molecular weight is 1050 g/mol. The van der Waals surface area contributed by atoms with Gasteiger partial charge >= 0.3 is 19.8 Å². The first-order valence-electron chi connectivity index (χ1n) is 28.9. The molecule has 0 aromatic carbocycles. The van der Waals surface area contributed by atoms with Crippen LogP contribution in [0.1, 0.15) is 206 Å². The topological polar surface area (TPSA) is 108 Å². The zero-order valence-corrected chi connectivity index (χ0v) is 48.4. The van der Waals surface area contributed by atoms with E-state index in [1.165, 1.54) is 38.5 Å². The van der Waals surface area contributed by atoms with Crippen LogP contribution in [0.5, 0.6) is 0 Å². The Bertz CT molecular complexity index is 1710. The fourth-order valence-corrected chi connectivity index (χ4v) is 8.02. The number of hydrogen-bond donors (Lipinski definition) is 1. The van der Waals surface area contributed by atoms with Crippen molar-refractivity contribution in [1.29, 1.82) is 0 Å². The number of phosphoric acid groups is 1. The van der Waals surface area contributed by atoms with Crippen molar-refractivity contribution in [3.8, 4) is 0 Å². The normalized spacial score (nSPS) is 14.3. The molecule has 0 aromatic heterocycles. The van der Waals surface area contributed by atoms with Crippen molar-refractivity contribution in [3.05, 3.63) is 134 Å². The highest BCUT2D eigenvalue weighted by Crippen LogP contribution is 2.43. The van der Waals surface area contributed by atoms with E-state index in [9.17, 15) is 19.0 Å². The molecular formula is C64H107NO8P+. The second-order valence-electron chi connectivity index (χ2n) is 19.9. The summed E-state index contributed by atoms with van der Waals surface area (Å²) in [6.07, 6.45) is 78.0. The summed E-state index contributed by atoms with van der Waals surface area (Å²) >= 11 is 0. The number of rotatable bonds is 51. The van der Waals surface area contributed by atoms with Gasteiger partial charge in [0, 0.05) is 12.8 Å². The monoisotopic (exact) mass is 1050 g/mol. The summed E-state index contributed by atoms with van der Waals surface area (Å²) in [5.74, 6) is -0.834. The van der Waals surface area contributed by atoms with E-state index in [4.69, 9.17) is 18.5 Å². The number of unbranched alkanes of at least 4 members (excludes halogenated alkanes) is 15. The van der Waals surface area contributed by atoms with Crippen LogP contribution < -0.4 is 0 Å². The van der Waals surface area contributed by atoms with E-state index in [0.29, 0.717) is 23.9 Å². The largest absolute Gasteiger partial charge is 0.472 e. The SMILES string of the molecule is CC/C=C\C/C=C\C/C=C\C/C=C\C/C=C\C/C=C\CCCCCCCCCCCCC(=O)OC(COC(=O)CCCCCCC/C=C\C/C=C\C/C=C\C/C=C\C/C=C\CC)COP(=O)(O)OCC[N+](C)(C)C. The van der Waals surface area contributed by atoms with Crippen molar-refractivity contribution in [1.82, 2.24) is 0 Å². The van der Waals surface area contributed by atoms with Crippen LogP contribution >= 0.6 is 7.82 Å². The van der Waals surface area contributed by atoms with Gasteiger partial charge in [0.25, 0.3) is 0 Å². The molecule has 0 bridgehead atoms. The Morgan fingerprint density at radius 3 is 1.08 bits per heavy atom. The van der Waals surface area contributed by atoms with E-state index in [-0.39, 0.29) is 26.1 Å². The van der Waals surface area contributed by atoms with Crippen molar-refractivity contribution in [2.24, 2.45) is 0 Å². The lowest BCUT2D eigenvalue weighted by atomic mass is 10.0. The highest BCUT2D eigenvalue weighted by Gasteiger charge is 2.27. The molecule has 0 saturated carbocycles. The van der Waals surface area contributed by atoms with Crippen molar-refractivity contribution in [2.45, 2.75) is 213 Å². The molecule has 0 aliphatic heterocycles. The van der Waals surface area contributed by atoms with Crippen molar-refractivity contribution in [3.63, 3.8) is 0 Å². The summed E-state index contributed by atoms with van der Waals surface area (Å²) in [5, 5.41) is 0. The van der Waals surface area contributed by atoms with Gasteiger partial charge in [-0.1, -0.05) is 218 Å². The van der Waals surface area contributed by atoms with Gasteiger partial charge in [0.2, 0.25) is 0 Å². The number of likely N-dealkylation sites (N-methyl/N-ethyl adjacent to an activating group) is 1. The third-order valence-corrected chi connectivity index (χ3v) is 12.7. The number of hydrogen-bond acceptors (Lipinski definition) is 7. The van der Waals surface area contributed by atoms with E-state index in [2.05, 4.69) is 148 Å². The minimum atomic E-state index is -4.40. The second-order valence-corrected chi connectivity index (χ2v) is 21.4. The van der Waals surface area contributed by atoms with Crippen LogP contribution in [0, 0.1) is 0 Å². The van der Waals surface area contributed by atoms with Gasteiger partial charge in [0.15, 0.2) is 6.10 Å². The summed E-state index contributed by atoms with van der Waals surface area (Å²) in [7, 11) is 1.44. The second kappa shape index (κ2) is 54.0. The lowest BCUT2D eigenvalue weighted by Gasteiger charge is -2.24. The Balaban J connectivity index is 4.25. The number of carbonyl (C=O) groups excluding carboxylic acids is 2. The van der Waals surface area contributed by atoms with Gasteiger partial charge < -0.3 is 18.9 Å². The summed E-state index contributed by atoms with van der Waals surface area (Å²) in [5.41, 5.74) is 0. The summed E-state index contributed by atoms with van der Waals surface area (Å²) in [6, 6.07) is 0. The fourth-order valence-electron chi connectivity index (χ4n) is 7.28. The molecule has 0 rings (SSSR count). The van der Waals surface area contributed by atoms with Gasteiger partial charge in [-0.15, -0.1) is 0 Å². The molecule has 9 nitrogen and oxygen atoms in total. The number of allylic oxidation sites excluding steroid dienone is 22. The third kappa shape index (κ3) is 57.4. The first-order valence-corrected chi connectivity index (χ1v) is 30.4. The minimum Gasteiger partial charge on any atom is -0.462 e.